The minimum atomic E-state index is -0.0810. The monoisotopic (exact) mass is 218 g/mol. The van der Waals surface area contributed by atoms with E-state index in [1.807, 2.05) is 0 Å². The fraction of sp³-hybridized carbons (Fsp3) is 0. The van der Waals surface area contributed by atoms with Gasteiger partial charge in [-0.2, -0.15) is 0 Å². The lowest BCUT2D eigenvalue weighted by atomic mass is 10.2. The summed E-state index contributed by atoms with van der Waals surface area (Å²) in [6.45, 7) is 0. The number of hydrogen-bond acceptors (Lipinski definition) is 2. The molecule has 0 fully saturated rings. The molecule has 0 saturated heterocycles. The molecular weight excluding hydrogens is 215 g/mol. The van der Waals surface area contributed by atoms with Crippen molar-refractivity contribution in [1.82, 2.24) is 0 Å². The Balaban J connectivity index is 3.23. The average molecular weight is 219 g/mol. The van der Waals surface area contributed by atoms with Crippen LogP contribution in [0.4, 0.5) is 4.53 Å². The van der Waals surface area contributed by atoms with Crippen LogP contribution in [0.5, 0.6) is 5.75 Å². The van der Waals surface area contributed by atoms with E-state index in [1.165, 1.54) is 6.07 Å². The lowest BCUT2D eigenvalue weighted by Crippen LogP contribution is -1.86. The predicted octanol–water partition coefficient (Wildman–Crippen LogP) is 2.52. The lowest BCUT2D eigenvalue weighted by molar-refractivity contribution is -0.00777. The van der Waals surface area contributed by atoms with Crippen molar-refractivity contribution in [3.63, 3.8) is 0 Å². The van der Waals surface area contributed by atoms with Gasteiger partial charge in [-0.15, -0.1) is 0 Å². The van der Waals surface area contributed by atoms with Gasteiger partial charge in [0.1, 0.15) is 0 Å². The Morgan fingerprint density at radius 3 is 2.73 bits per heavy atom. The van der Waals surface area contributed by atoms with Crippen molar-refractivity contribution in [2.24, 2.45) is 0 Å². The van der Waals surface area contributed by atoms with E-state index in [0.29, 0.717) is 10.8 Å². The van der Waals surface area contributed by atoms with Crippen LogP contribution in [0.2, 0.25) is 0 Å². The summed E-state index contributed by atoms with van der Waals surface area (Å²) in [5, 5.41) is 0. The zero-order valence-electron chi connectivity index (χ0n) is 5.38. The number of hydrogen-bond donors (Lipinski definition) is 0. The van der Waals surface area contributed by atoms with Crippen LogP contribution in [0.3, 0.4) is 0 Å². The van der Waals surface area contributed by atoms with Crippen molar-refractivity contribution >= 4 is 22.2 Å². The van der Waals surface area contributed by atoms with Gasteiger partial charge in [0, 0.05) is 4.53 Å². The van der Waals surface area contributed by atoms with Crippen LogP contribution in [0.1, 0.15) is 10.4 Å². The summed E-state index contributed by atoms with van der Waals surface area (Å²) < 4.78 is 12.2. The van der Waals surface area contributed by atoms with Gasteiger partial charge in [-0.1, -0.05) is 6.07 Å². The molecule has 4 heteroatoms. The molecule has 0 amide bonds. The van der Waals surface area contributed by atoms with Gasteiger partial charge in [-0.25, -0.2) is 0 Å². The third-order valence-electron chi connectivity index (χ3n) is 1.20. The maximum atomic E-state index is 11.7. The molecule has 0 aromatic heterocycles. The molecule has 11 heavy (non-hydrogen) atoms. The molecule has 0 heterocycles. The molecule has 0 unspecified atom stereocenters. The van der Waals surface area contributed by atoms with Crippen molar-refractivity contribution in [1.29, 1.82) is 0 Å². The zero-order valence-corrected chi connectivity index (χ0v) is 6.97. The lowest BCUT2D eigenvalue weighted by Gasteiger charge is -1.99. The maximum Gasteiger partial charge on any atom is 0.196 e. The molecule has 58 valence electrons. The quantitative estimate of drug-likeness (QED) is 0.714. The van der Waals surface area contributed by atoms with Crippen molar-refractivity contribution in [2.45, 2.75) is 0 Å². The highest BCUT2D eigenvalue weighted by atomic mass is 79.9. The summed E-state index contributed by atoms with van der Waals surface area (Å²) in [5.74, 6) is -0.0810. The van der Waals surface area contributed by atoms with Crippen LogP contribution < -0.4 is 4.94 Å². The van der Waals surface area contributed by atoms with Gasteiger partial charge >= 0.3 is 0 Å². The molecular formula is C7H4BrFO2. The van der Waals surface area contributed by atoms with Gasteiger partial charge in [0.15, 0.2) is 12.0 Å². The van der Waals surface area contributed by atoms with E-state index in [1.54, 1.807) is 12.1 Å². The average Bonchev–Trinajstić information content (AvgIpc) is 2.04. The molecule has 2 nitrogen and oxygen atoms in total. The van der Waals surface area contributed by atoms with Crippen LogP contribution in [-0.4, -0.2) is 6.29 Å². The van der Waals surface area contributed by atoms with Gasteiger partial charge in [0.25, 0.3) is 0 Å². The Labute approximate surface area is 71.0 Å². The first-order valence-electron chi connectivity index (χ1n) is 2.82. The Hall–Kier alpha value is -0.900. The fourth-order valence-corrected chi connectivity index (χ4v) is 1.14. The second-order valence-electron chi connectivity index (χ2n) is 1.85. The predicted molar refractivity (Wildman–Crippen MR) is 41.3 cm³/mol. The van der Waals surface area contributed by atoms with Crippen molar-refractivity contribution in [3.05, 3.63) is 28.2 Å². The standard InChI is InChI=1S/C7H4BrFO2/c8-6-3-1-2-5(4-10)7(6)11-9/h1-4H. The van der Waals surface area contributed by atoms with Gasteiger partial charge in [-0.05, 0) is 28.1 Å². The fourth-order valence-electron chi connectivity index (χ4n) is 0.700. The van der Waals surface area contributed by atoms with Crippen LogP contribution >= 0.6 is 15.9 Å². The molecule has 1 rings (SSSR count). The minimum Gasteiger partial charge on any atom is -0.298 e. The third-order valence-corrected chi connectivity index (χ3v) is 1.83. The molecule has 1 aromatic rings. The number of para-hydroxylation sites is 1. The second-order valence-corrected chi connectivity index (χ2v) is 2.71. The highest BCUT2D eigenvalue weighted by molar-refractivity contribution is 9.10. The van der Waals surface area contributed by atoms with E-state index in [-0.39, 0.29) is 11.3 Å². The zero-order chi connectivity index (χ0) is 8.27. The van der Waals surface area contributed by atoms with Crippen LogP contribution in [0.15, 0.2) is 22.7 Å². The second kappa shape index (κ2) is 3.48. The topological polar surface area (TPSA) is 26.3 Å². The van der Waals surface area contributed by atoms with E-state index >= 15 is 0 Å². The third kappa shape index (κ3) is 1.57. The smallest absolute Gasteiger partial charge is 0.196 e. The van der Waals surface area contributed by atoms with Crippen molar-refractivity contribution in [2.75, 3.05) is 0 Å². The molecule has 0 atom stereocenters. The van der Waals surface area contributed by atoms with Gasteiger partial charge in [0.2, 0.25) is 0 Å². The number of carbonyl (C=O) groups excluding carboxylic acids is 1. The molecule has 0 spiro atoms. The molecule has 0 aliphatic heterocycles. The maximum absolute atomic E-state index is 11.7. The highest BCUT2D eigenvalue weighted by Crippen LogP contribution is 2.27. The van der Waals surface area contributed by atoms with E-state index in [4.69, 9.17) is 0 Å². The first-order chi connectivity index (χ1) is 5.29. The molecule has 0 aliphatic carbocycles. The summed E-state index contributed by atoms with van der Waals surface area (Å²) in [4.78, 5) is 13.8. The first-order valence-corrected chi connectivity index (χ1v) is 3.61. The largest absolute Gasteiger partial charge is 0.298 e. The van der Waals surface area contributed by atoms with Gasteiger partial charge in [-0.3, -0.25) is 9.74 Å². The normalized spacial score (nSPS) is 9.27. The van der Waals surface area contributed by atoms with Gasteiger partial charge in [0.05, 0.1) is 10.0 Å². The highest BCUT2D eigenvalue weighted by Gasteiger charge is 2.06. The Kier molecular flexibility index (Phi) is 2.59. The molecule has 0 N–H and O–H groups in total. The Bertz CT molecular complexity index is 275. The Morgan fingerprint density at radius 1 is 1.55 bits per heavy atom. The summed E-state index contributed by atoms with van der Waals surface area (Å²) in [6, 6.07) is 4.67. The number of benzene rings is 1. The number of rotatable bonds is 2. The van der Waals surface area contributed by atoms with E-state index < -0.39 is 0 Å². The minimum absolute atomic E-state index is 0.0810. The molecule has 0 bridgehead atoms. The number of aldehydes is 1. The van der Waals surface area contributed by atoms with E-state index in [0.717, 1.165) is 0 Å². The van der Waals surface area contributed by atoms with Crippen molar-refractivity contribution < 1.29 is 14.3 Å². The molecule has 0 radical (unpaired) electrons. The van der Waals surface area contributed by atoms with Crippen molar-refractivity contribution in [3.8, 4) is 5.75 Å². The van der Waals surface area contributed by atoms with E-state index in [2.05, 4.69) is 20.9 Å². The summed E-state index contributed by atoms with van der Waals surface area (Å²) in [7, 11) is 0. The van der Waals surface area contributed by atoms with E-state index in [9.17, 15) is 9.32 Å². The van der Waals surface area contributed by atoms with Crippen LogP contribution in [-0.2, 0) is 0 Å². The first kappa shape index (κ1) is 8.20. The summed E-state index contributed by atoms with van der Waals surface area (Å²) in [5.41, 5.74) is 0.182. The summed E-state index contributed by atoms with van der Waals surface area (Å²) in [6.07, 6.45) is 0.527. The molecule has 0 saturated carbocycles. The van der Waals surface area contributed by atoms with Crippen LogP contribution in [0, 0.1) is 0 Å². The van der Waals surface area contributed by atoms with Gasteiger partial charge < -0.3 is 0 Å². The SMILES string of the molecule is O=Cc1cccc(Br)c1OF. The molecule has 1 aromatic carbocycles. The van der Waals surface area contributed by atoms with Crippen LogP contribution in [0.25, 0.3) is 0 Å². The number of carbonyl (C=O) groups is 1. The summed E-state index contributed by atoms with van der Waals surface area (Å²) >= 11 is 3.02. The molecule has 0 aliphatic rings. The Morgan fingerprint density at radius 2 is 2.27 bits per heavy atom. The number of halogens is 2.